The predicted octanol–water partition coefficient (Wildman–Crippen LogP) is 2.28. The molecule has 3 amide bonds. The molecule has 0 radical (unpaired) electrons. The van der Waals surface area contributed by atoms with Crippen molar-refractivity contribution < 1.29 is 28.3 Å². The molecule has 0 aromatic rings. The summed E-state index contributed by atoms with van der Waals surface area (Å²) in [6.07, 6.45) is 9.74. The highest BCUT2D eigenvalue weighted by Gasteiger charge is 2.31. The van der Waals surface area contributed by atoms with Crippen molar-refractivity contribution in [2.75, 3.05) is 26.8 Å². The van der Waals surface area contributed by atoms with E-state index < -0.39 is 8.60 Å². The first-order valence-corrected chi connectivity index (χ1v) is 11.1. The highest BCUT2D eigenvalue weighted by molar-refractivity contribution is 7.40. The van der Waals surface area contributed by atoms with Crippen LogP contribution in [0.4, 0.5) is 0 Å². The monoisotopic (exact) mass is 414 g/mol. The molecule has 0 bridgehead atoms. The topological polar surface area (TPSA) is 105 Å². The maximum atomic E-state index is 12.3. The smallest absolute Gasteiger partial charge is 0.329 e. The summed E-state index contributed by atoms with van der Waals surface area (Å²) in [6, 6.07) is 0. The molecule has 2 rings (SSSR count). The van der Waals surface area contributed by atoms with Gasteiger partial charge in [-0.3, -0.25) is 19.3 Å². The van der Waals surface area contributed by atoms with Gasteiger partial charge in [-0.1, -0.05) is 12.8 Å². The van der Waals surface area contributed by atoms with Crippen LogP contribution in [0.2, 0.25) is 0 Å². The van der Waals surface area contributed by atoms with Crippen molar-refractivity contribution in [3.05, 3.63) is 12.2 Å². The molecule has 1 unspecified atom stereocenters. The quantitative estimate of drug-likeness (QED) is 0.288. The van der Waals surface area contributed by atoms with Gasteiger partial charge >= 0.3 is 8.60 Å². The Balaban J connectivity index is 1.50. The van der Waals surface area contributed by atoms with Crippen LogP contribution < -0.4 is 5.32 Å². The second-order valence-electron chi connectivity index (χ2n) is 7.30. The summed E-state index contributed by atoms with van der Waals surface area (Å²) in [5, 5.41) is 3.02. The number of amides is 3. The average molecular weight is 414 g/mol. The molecule has 1 atom stereocenters. The van der Waals surface area contributed by atoms with Gasteiger partial charge in [-0.2, -0.15) is 0 Å². The molecule has 9 heteroatoms. The minimum absolute atomic E-state index is 0.0330. The maximum Gasteiger partial charge on any atom is 0.329 e. The maximum absolute atomic E-state index is 12.3. The molecule has 1 aliphatic carbocycles. The zero-order valence-corrected chi connectivity index (χ0v) is 17.4. The highest BCUT2D eigenvalue weighted by Crippen LogP contribution is 2.31. The van der Waals surface area contributed by atoms with E-state index in [-0.39, 0.29) is 29.6 Å². The van der Waals surface area contributed by atoms with Gasteiger partial charge in [0.05, 0.1) is 6.61 Å². The van der Waals surface area contributed by atoms with Crippen LogP contribution in [0.15, 0.2) is 12.2 Å². The Bertz CT molecular complexity index is 545. The zero-order valence-electron chi connectivity index (χ0n) is 16.5. The van der Waals surface area contributed by atoms with E-state index in [0.29, 0.717) is 19.7 Å². The normalized spacial score (nSPS) is 23.3. The molecule has 1 saturated carbocycles. The number of rotatable bonds is 12. The van der Waals surface area contributed by atoms with Crippen LogP contribution in [0.3, 0.4) is 0 Å². The molecule has 0 spiro atoms. The Morgan fingerprint density at radius 3 is 2.43 bits per heavy atom. The van der Waals surface area contributed by atoms with Crippen molar-refractivity contribution in [2.24, 2.45) is 11.8 Å². The Morgan fingerprint density at radius 1 is 1.14 bits per heavy atom. The number of nitrogens with zero attached hydrogens (tertiary/aromatic N) is 1. The Kier molecular flexibility index (Phi) is 10.1. The molecule has 8 nitrogen and oxygen atoms in total. The first kappa shape index (κ1) is 22.9. The summed E-state index contributed by atoms with van der Waals surface area (Å²) in [7, 11) is -0.320. The molecule has 0 aromatic carbocycles. The van der Waals surface area contributed by atoms with Gasteiger partial charge in [-0.15, -0.1) is 0 Å². The van der Waals surface area contributed by atoms with E-state index >= 15 is 0 Å². The molecular weight excluding hydrogens is 383 g/mol. The van der Waals surface area contributed by atoms with Crippen LogP contribution in [0.25, 0.3) is 0 Å². The third-order valence-corrected chi connectivity index (χ3v) is 6.00. The van der Waals surface area contributed by atoms with Crippen LogP contribution in [0.1, 0.15) is 51.4 Å². The summed E-state index contributed by atoms with van der Waals surface area (Å²) in [4.78, 5) is 46.0. The van der Waals surface area contributed by atoms with E-state index in [2.05, 4.69) is 9.84 Å². The van der Waals surface area contributed by atoms with Crippen molar-refractivity contribution in [2.45, 2.75) is 51.4 Å². The van der Waals surface area contributed by atoms with Crippen molar-refractivity contribution in [3.63, 3.8) is 0 Å². The number of carbonyl (C=O) groups excluding carboxylic acids is 3. The van der Waals surface area contributed by atoms with Gasteiger partial charge in [0.2, 0.25) is 5.91 Å². The van der Waals surface area contributed by atoms with Crippen molar-refractivity contribution in [1.29, 1.82) is 0 Å². The lowest BCUT2D eigenvalue weighted by Gasteiger charge is -2.30. The van der Waals surface area contributed by atoms with Gasteiger partial charge < -0.3 is 19.3 Å². The van der Waals surface area contributed by atoms with E-state index in [0.717, 1.165) is 51.4 Å². The SMILES string of the molecule is COP(O)OCCCCCCNC(=O)C1CCC(CN2C(=O)C=CC2=O)CC1. The molecule has 1 heterocycles. The number of carbonyl (C=O) groups is 3. The lowest BCUT2D eigenvalue weighted by Crippen LogP contribution is -2.38. The van der Waals surface area contributed by atoms with E-state index in [1.165, 1.54) is 24.2 Å². The Morgan fingerprint density at radius 2 is 1.79 bits per heavy atom. The van der Waals surface area contributed by atoms with Crippen molar-refractivity contribution in [3.8, 4) is 0 Å². The van der Waals surface area contributed by atoms with E-state index in [1.54, 1.807) is 0 Å². The van der Waals surface area contributed by atoms with Gasteiger partial charge in [0.25, 0.3) is 11.8 Å². The summed E-state index contributed by atoms with van der Waals surface area (Å²) < 4.78 is 9.71. The third-order valence-electron chi connectivity index (χ3n) is 5.29. The molecule has 28 heavy (non-hydrogen) atoms. The highest BCUT2D eigenvalue weighted by atomic mass is 31.2. The Labute approximate surface area is 167 Å². The first-order valence-electron chi connectivity index (χ1n) is 9.98. The van der Waals surface area contributed by atoms with Crippen molar-refractivity contribution in [1.82, 2.24) is 10.2 Å². The molecular formula is C19H31N2O6P. The van der Waals surface area contributed by atoms with Crippen molar-refractivity contribution >= 4 is 26.3 Å². The Hall–Kier alpha value is -1.34. The summed E-state index contributed by atoms with van der Waals surface area (Å²) in [6.45, 7) is 1.62. The molecule has 0 aromatic heterocycles. The zero-order chi connectivity index (χ0) is 20.4. The second-order valence-corrected chi connectivity index (χ2v) is 8.40. The minimum atomic E-state index is -1.73. The molecule has 158 valence electrons. The largest absolute Gasteiger partial charge is 0.356 e. The van der Waals surface area contributed by atoms with Crippen LogP contribution in [-0.4, -0.2) is 54.3 Å². The molecule has 1 aliphatic heterocycles. The average Bonchev–Trinajstić information content (AvgIpc) is 3.02. The van der Waals surface area contributed by atoms with Gasteiger partial charge in [-0.25, -0.2) is 0 Å². The minimum Gasteiger partial charge on any atom is -0.356 e. The number of hydrogen-bond acceptors (Lipinski definition) is 6. The van der Waals surface area contributed by atoms with Crippen LogP contribution in [0, 0.1) is 11.8 Å². The van der Waals surface area contributed by atoms with Crippen LogP contribution >= 0.6 is 8.60 Å². The summed E-state index contributed by atoms with van der Waals surface area (Å²) >= 11 is 0. The molecule has 1 fully saturated rings. The predicted molar refractivity (Wildman–Crippen MR) is 105 cm³/mol. The summed E-state index contributed by atoms with van der Waals surface area (Å²) in [5.74, 6) is -0.0231. The van der Waals surface area contributed by atoms with Gasteiger partial charge in [0, 0.05) is 38.3 Å². The van der Waals surface area contributed by atoms with Crippen LogP contribution in [-0.2, 0) is 23.4 Å². The summed E-state index contributed by atoms with van der Waals surface area (Å²) in [5.41, 5.74) is 0. The molecule has 2 aliphatic rings. The standard InChI is InChI=1S/C19H31N2O6P/c1-26-28(25)27-13-5-3-2-4-12-20-19(24)16-8-6-15(7-9-16)14-21-17(22)10-11-18(21)23/h10-11,15-16,25H,2-9,12-14H2,1H3,(H,20,24). The first-order chi connectivity index (χ1) is 13.5. The third kappa shape index (κ3) is 7.59. The lowest BCUT2D eigenvalue weighted by atomic mass is 9.81. The fraction of sp³-hybridized carbons (Fsp3) is 0.737. The lowest BCUT2D eigenvalue weighted by molar-refractivity contribution is -0.138. The molecule has 0 saturated heterocycles. The van der Waals surface area contributed by atoms with Gasteiger partial charge in [0.15, 0.2) is 0 Å². The number of unbranched alkanes of at least 4 members (excludes halogenated alkanes) is 3. The molecule has 2 N–H and O–H groups in total. The van der Waals surface area contributed by atoms with Crippen LogP contribution in [0.5, 0.6) is 0 Å². The second kappa shape index (κ2) is 12.3. The van der Waals surface area contributed by atoms with Gasteiger partial charge in [0.1, 0.15) is 0 Å². The number of imide groups is 1. The van der Waals surface area contributed by atoms with E-state index in [9.17, 15) is 14.4 Å². The fourth-order valence-electron chi connectivity index (χ4n) is 3.61. The van der Waals surface area contributed by atoms with E-state index in [4.69, 9.17) is 9.42 Å². The van der Waals surface area contributed by atoms with Gasteiger partial charge in [-0.05, 0) is 44.4 Å². The fourth-order valence-corrected chi connectivity index (χ4v) is 4.00. The van der Waals surface area contributed by atoms with E-state index in [1.807, 2.05) is 0 Å². The number of hydrogen-bond donors (Lipinski definition) is 2. The number of nitrogens with one attached hydrogen (secondary N) is 1.